The first-order valence-corrected chi connectivity index (χ1v) is 5.30. The number of nitrogens with zero attached hydrogens (tertiary/aromatic N) is 1. The highest BCUT2D eigenvalue weighted by Gasteiger charge is 2.16. The van der Waals surface area contributed by atoms with Crippen LogP contribution in [-0.4, -0.2) is 16.1 Å². The molecule has 0 amide bonds. The van der Waals surface area contributed by atoms with Crippen molar-refractivity contribution < 1.29 is 23.4 Å². The molecule has 0 aliphatic rings. The number of halogens is 2. The largest absolute Gasteiger partial charge is 0.477 e. The van der Waals surface area contributed by atoms with Gasteiger partial charge in [-0.15, -0.1) is 0 Å². The van der Waals surface area contributed by atoms with E-state index < -0.39 is 17.6 Å². The van der Waals surface area contributed by atoms with Crippen LogP contribution in [0.2, 0.25) is 0 Å². The molecular weight excluding hydrogens is 256 g/mol. The zero-order valence-corrected chi connectivity index (χ0v) is 9.85. The van der Waals surface area contributed by atoms with Crippen molar-refractivity contribution in [2.45, 2.75) is 6.92 Å². The van der Waals surface area contributed by atoms with E-state index >= 15 is 0 Å². The van der Waals surface area contributed by atoms with Gasteiger partial charge in [0.1, 0.15) is 22.9 Å². The first-order chi connectivity index (χ1) is 8.97. The third-order valence-electron chi connectivity index (χ3n) is 2.39. The molecule has 4 nitrogen and oxygen atoms in total. The van der Waals surface area contributed by atoms with Crippen LogP contribution in [0.1, 0.15) is 15.9 Å². The molecule has 2 aromatic rings. The monoisotopic (exact) mass is 265 g/mol. The number of ether oxygens (including phenoxy) is 1. The summed E-state index contributed by atoms with van der Waals surface area (Å²) in [7, 11) is 0. The lowest BCUT2D eigenvalue weighted by Gasteiger charge is -2.09. The summed E-state index contributed by atoms with van der Waals surface area (Å²) in [5, 5.41) is 9.07. The van der Waals surface area contributed by atoms with Gasteiger partial charge < -0.3 is 9.84 Å². The van der Waals surface area contributed by atoms with Crippen LogP contribution in [0.25, 0.3) is 0 Å². The molecule has 98 valence electrons. The van der Waals surface area contributed by atoms with Crippen molar-refractivity contribution >= 4 is 5.97 Å². The summed E-state index contributed by atoms with van der Waals surface area (Å²) >= 11 is 0. The van der Waals surface area contributed by atoms with Gasteiger partial charge in [-0.3, -0.25) is 0 Å². The number of aromatic nitrogens is 1. The van der Waals surface area contributed by atoms with Gasteiger partial charge in [0.05, 0.1) is 0 Å². The smallest absolute Gasteiger partial charge is 0.341 e. The molecule has 0 saturated carbocycles. The van der Waals surface area contributed by atoms with E-state index in [1.165, 1.54) is 12.3 Å². The fourth-order valence-corrected chi connectivity index (χ4v) is 1.57. The van der Waals surface area contributed by atoms with Crippen LogP contribution in [0.3, 0.4) is 0 Å². The van der Waals surface area contributed by atoms with E-state index in [9.17, 15) is 13.6 Å². The van der Waals surface area contributed by atoms with Gasteiger partial charge in [0.2, 0.25) is 5.88 Å². The molecule has 0 atom stereocenters. The molecule has 1 N–H and O–H groups in total. The summed E-state index contributed by atoms with van der Waals surface area (Å²) in [6, 6.07) is 4.08. The van der Waals surface area contributed by atoms with Gasteiger partial charge in [-0.2, -0.15) is 0 Å². The van der Waals surface area contributed by atoms with Gasteiger partial charge in [0.15, 0.2) is 0 Å². The summed E-state index contributed by atoms with van der Waals surface area (Å²) in [6.45, 7) is 1.57. The topological polar surface area (TPSA) is 59.4 Å². The molecule has 0 aliphatic carbocycles. The highest BCUT2D eigenvalue weighted by atomic mass is 19.1. The third kappa shape index (κ3) is 2.85. The maximum Gasteiger partial charge on any atom is 0.341 e. The molecule has 1 aromatic heterocycles. The molecule has 0 unspecified atom stereocenters. The van der Waals surface area contributed by atoms with Crippen molar-refractivity contribution in [1.82, 2.24) is 4.98 Å². The maximum absolute atomic E-state index is 13.0. The zero-order chi connectivity index (χ0) is 14.0. The second-order valence-corrected chi connectivity index (χ2v) is 3.82. The molecule has 0 spiro atoms. The minimum absolute atomic E-state index is 0.146. The highest BCUT2D eigenvalue weighted by Crippen LogP contribution is 2.26. The Morgan fingerprint density at radius 1 is 1.26 bits per heavy atom. The van der Waals surface area contributed by atoms with Crippen molar-refractivity contribution in [3.8, 4) is 11.6 Å². The molecule has 19 heavy (non-hydrogen) atoms. The molecule has 0 bridgehead atoms. The van der Waals surface area contributed by atoms with Crippen LogP contribution in [0.4, 0.5) is 8.78 Å². The molecule has 1 heterocycles. The normalized spacial score (nSPS) is 10.3. The number of carboxylic acid groups (broad SMARTS) is 1. The number of benzene rings is 1. The van der Waals surface area contributed by atoms with E-state index in [2.05, 4.69) is 4.98 Å². The van der Waals surface area contributed by atoms with Crippen molar-refractivity contribution in [2.75, 3.05) is 0 Å². The van der Waals surface area contributed by atoms with Gasteiger partial charge in [-0.25, -0.2) is 18.6 Å². The average Bonchev–Trinajstić information content (AvgIpc) is 2.26. The van der Waals surface area contributed by atoms with Crippen LogP contribution < -0.4 is 4.74 Å². The Kier molecular flexibility index (Phi) is 3.41. The van der Waals surface area contributed by atoms with E-state index in [1.807, 2.05) is 0 Å². The second-order valence-electron chi connectivity index (χ2n) is 3.82. The minimum atomic E-state index is -1.22. The number of hydrogen-bond donors (Lipinski definition) is 1. The summed E-state index contributed by atoms with van der Waals surface area (Å²) in [6.07, 6.45) is 1.35. The zero-order valence-electron chi connectivity index (χ0n) is 9.85. The third-order valence-corrected chi connectivity index (χ3v) is 2.39. The Morgan fingerprint density at radius 3 is 2.47 bits per heavy atom. The van der Waals surface area contributed by atoms with E-state index in [0.29, 0.717) is 11.6 Å². The van der Waals surface area contributed by atoms with E-state index in [4.69, 9.17) is 9.84 Å². The quantitative estimate of drug-likeness (QED) is 0.926. The number of carbonyl (C=O) groups is 1. The molecule has 6 heteroatoms. The number of aromatic carboxylic acids is 1. The number of aryl methyl sites for hydroxylation is 1. The first kappa shape index (κ1) is 12.9. The molecule has 0 fully saturated rings. The van der Waals surface area contributed by atoms with Gasteiger partial charge >= 0.3 is 5.97 Å². The molecule has 0 saturated heterocycles. The van der Waals surface area contributed by atoms with E-state index in [0.717, 1.165) is 12.1 Å². The van der Waals surface area contributed by atoms with Crippen LogP contribution >= 0.6 is 0 Å². The SMILES string of the molecule is Cc1ccnc(Oc2cc(F)cc(F)c2)c1C(=O)O. The molecule has 2 rings (SSSR count). The Morgan fingerprint density at radius 2 is 1.89 bits per heavy atom. The Bertz CT molecular complexity index is 624. The number of pyridine rings is 1. The van der Waals surface area contributed by atoms with Crippen LogP contribution in [0.15, 0.2) is 30.5 Å². The lowest BCUT2D eigenvalue weighted by molar-refractivity contribution is 0.0692. The molecule has 0 aliphatic heterocycles. The van der Waals surface area contributed by atoms with Crippen LogP contribution in [0.5, 0.6) is 11.6 Å². The highest BCUT2D eigenvalue weighted by molar-refractivity contribution is 5.91. The van der Waals surface area contributed by atoms with Crippen molar-refractivity contribution in [2.24, 2.45) is 0 Å². The number of hydrogen-bond acceptors (Lipinski definition) is 3. The van der Waals surface area contributed by atoms with Crippen molar-refractivity contribution in [3.63, 3.8) is 0 Å². The van der Waals surface area contributed by atoms with Gasteiger partial charge in [0.25, 0.3) is 0 Å². The van der Waals surface area contributed by atoms with Crippen molar-refractivity contribution in [3.05, 3.63) is 53.2 Å². The molecular formula is C13H9F2NO3. The fourth-order valence-electron chi connectivity index (χ4n) is 1.57. The average molecular weight is 265 g/mol. The fraction of sp³-hybridized carbons (Fsp3) is 0.0769. The van der Waals surface area contributed by atoms with Gasteiger partial charge in [0, 0.05) is 24.4 Å². The second kappa shape index (κ2) is 5.01. The lowest BCUT2D eigenvalue weighted by atomic mass is 10.1. The first-order valence-electron chi connectivity index (χ1n) is 5.30. The predicted molar refractivity (Wildman–Crippen MR) is 62.4 cm³/mol. The Balaban J connectivity index is 2.43. The summed E-state index contributed by atoms with van der Waals surface area (Å²) in [5.74, 6) is -3.23. The Hall–Kier alpha value is -2.50. The van der Waals surface area contributed by atoms with E-state index in [-0.39, 0.29) is 17.2 Å². The predicted octanol–water partition coefficient (Wildman–Crippen LogP) is 3.16. The van der Waals surface area contributed by atoms with Crippen LogP contribution in [0, 0.1) is 18.6 Å². The summed E-state index contributed by atoms with van der Waals surface area (Å²) < 4.78 is 31.2. The number of carboxylic acids is 1. The standard InChI is InChI=1S/C13H9F2NO3/c1-7-2-3-16-12(11(7)13(17)18)19-10-5-8(14)4-9(15)6-10/h2-6H,1H3,(H,17,18). The van der Waals surface area contributed by atoms with Gasteiger partial charge in [-0.1, -0.05) is 0 Å². The Labute approximate surface area is 107 Å². The number of rotatable bonds is 3. The maximum atomic E-state index is 13.0. The molecule has 1 aromatic carbocycles. The lowest BCUT2D eigenvalue weighted by Crippen LogP contribution is -2.04. The summed E-state index contributed by atoms with van der Waals surface area (Å²) in [4.78, 5) is 14.9. The van der Waals surface area contributed by atoms with Crippen LogP contribution in [-0.2, 0) is 0 Å². The van der Waals surface area contributed by atoms with Gasteiger partial charge in [-0.05, 0) is 18.6 Å². The van der Waals surface area contributed by atoms with E-state index in [1.54, 1.807) is 6.92 Å². The summed E-state index contributed by atoms with van der Waals surface area (Å²) in [5.41, 5.74) is 0.293. The molecule has 0 radical (unpaired) electrons. The van der Waals surface area contributed by atoms with Crippen molar-refractivity contribution in [1.29, 1.82) is 0 Å². The minimum Gasteiger partial charge on any atom is -0.477 e.